The first-order valence-corrected chi connectivity index (χ1v) is 9.92. The quantitative estimate of drug-likeness (QED) is 0.868. The van der Waals surface area contributed by atoms with Gasteiger partial charge in [0.25, 0.3) is 5.91 Å². The van der Waals surface area contributed by atoms with Crippen molar-refractivity contribution in [2.24, 2.45) is 5.92 Å². The predicted molar refractivity (Wildman–Crippen MR) is 104 cm³/mol. The molecule has 144 valence electrons. The summed E-state index contributed by atoms with van der Waals surface area (Å²) in [7, 11) is 0. The van der Waals surface area contributed by atoms with E-state index in [0.29, 0.717) is 18.8 Å². The maximum Gasteiger partial charge on any atom is 0.289 e. The van der Waals surface area contributed by atoms with Crippen LogP contribution in [-0.2, 0) is 4.79 Å². The van der Waals surface area contributed by atoms with Crippen LogP contribution in [0.25, 0.3) is 11.0 Å². The van der Waals surface area contributed by atoms with E-state index in [0.717, 1.165) is 55.3 Å². The minimum atomic E-state index is -0.0514. The number of nitrogens with one attached hydrogen (secondary N) is 2. The van der Waals surface area contributed by atoms with Crippen molar-refractivity contribution < 1.29 is 14.0 Å². The van der Waals surface area contributed by atoms with Crippen LogP contribution in [0.15, 0.2) is 28.7 Å². The standard InChI is InChI=1S/C21H27N3O3/c1-14-16-7-2-3-9-18(16)27-19(14)21(26)24-11-5-6-15(13-24)12-23-20(25)17-8-4-10-22-17/h2-3,7,9,15,17,22H,4-6,8,10-13H2,1H3,(H,23,25). The third-order valence-electron chi connectivity index (χ3n) is 5.79. The minimum absolute atomic E-state index is 0.0443. The molecule has 0 bridgehead atoms. The van der Waals surface area contributed by atoms with Crippen molar-refractivity contribution in [2.75, 3.05) is 26.2 Å². The van der Waals surface area contributed by atoms with Crippen LogP contribution in [0.2, 0.25) is 0 Å². The zero-order chi connectivity index (χ0) is 18.8. The number of para-hydroxylation sites is 1. The Hall–Kier alpha value is -2.34. The normalized spacial score (nSPS) is 22.9. The molecular formula is C21H27N3O3. The Kier molecular flexibility index (Phi) is 5.16. The second-order valence-corrected chi connectivity index (χ2v) is 7.71. The first-order chi connectivity index (χ1) is 13.1. The lowest BCUT2D eigenvalue weighted by molar-refractivity contribution is -0.123. The lowest BCUT2D eigenvalue weighted by Crippen LogP contribution is -2.46. The number of nitrogens with zero attached hydrogens (tertiary/aromatic N) is 1. The molecule has 27 heavy (non-hydrogen) atoms. The van der Waals surface area contributed by atoms with Gasteiger partial charge in [0.2, 0.25) is 5.91 Å². The second kappa shape index (κ2) is 7.72. The fourth-order valence-electron chi connectivity index (χ4n) is 4.21. The fourth-order valence-corrected chi connectivity index (χ4v) is 4.21. The van der Waals surface area contributed by atoms with E-state index in [-0.39, 0.29) is 23.8 Å². The van der Waals surface area contributed by atoms with Crippen LogP contribution in [0.4, 0.5) is 0 Å². The molecule has 2 saturated heterocycles. The molecule has 2 amide bonds. The zero-order valence-electron chi connectivity index (χ0n) is 15.8. The molecule has 1 aromatic heterocycles. The lowest BCUT2D eigenvalue weighted by Gasteiger charge is -2.32. The molecule has 0 radical (unpaired) electrons. The van der Waals surface area contributed by atoms with E-state index in [1.165, 1.54) is 0 Å². The summed E-state index contributed by atoms with van der Waals surface area (Å²) >= 11 is 0. The van der Waals surface area contributed by atoms with Crippen molar-refractivity contribution in [1.82, 2.24) is 15.5 Å². The molecule has 2 atom stereocenters. The average Bonchev–Trinajstić information content (AvgIpc) is 3.35. The van der Waals surface area contributed by atoms with Crippen molar-refractivity contribution in [3.8, 4) is 0 Å². The molecule has 0 aliphatic carbocycles. The van der Waals surface area contributed by atoms with E-state index in [4.69, 9.17) is 4.42 Å². The number of amides is 2. The third-order valence-corrected chi connectivity index (χ3v) is 5.79. The van der Waals surface area contributed by atoms with Gasteiger partial charge in [-0.05, 0) is 51.1 Å². The van der Waals surface area contributed by atoms with Crippen molar-refractivity contribution in [3.05, 3.63) is 35.6 Å². The summed E-state index contributed by atoms with van der Waals surface area (Å²) in [5.74, 6) is 0.773. The van der Waals surface area contributed by atoms with Crippen LogP contribution in [0.1, 0.15) is 41.8 Å². The number of benzene rings is 1. The van der Waals surface area contributed by atoms with Gasteiger partial charge in [-0.25, -0.2) is 0 Å². The van der Waals surface area contributed by atoms with Crippen LogP contribution >= 0.6 is 0 Å². The van der Waals surface area contributed by atoms with E-state index in [1.807, 2.05) is 36.1 Å². The molecule has 6 nitrogen and oxygen atoms in total. The number of fused-ring (bicyclic) bond motifs is 1. The van der Waals surface area contributed by atoms with Crippen molar-refractivity contribution in [1.29, 1.82) is 0 Å². The van der Waals surface area contributed by atoms with Crippen molar-refractivity contribution in [2.45, 2.75) is 38.6 Å². The van der Waals surface area contributed by atoms with Gasteiger partial charge in [0, 0.05) is 30.6 Å². The molecule has 2 fully saturated rings. The number of carbonyl (C=O) groups is 2. The number of hydrogen-bond acceptors (Lipinski definition) is 4. The SMILES string of the molecule is Cc1c(C(=O)N2CCCC(CNC(=O)C3CCCN3)C2)oc2ccccc12. The van der Waals surface area contributed by atoms with Gasteiger partial charge in [-0.15, -0.1) is 0 Å². The predicted octanol–water partition coefficient (Wildman–Crippen LogP) is 2.46. The third kappa shape index (κ3) is 3.72. The number of rotatable bonds is 4. The molecule has 2 unspecified atom stereocenters. The van der Waals surface area contributed by atoms with Gasteiger partial charge in [0.1, 0.15) is 5.58 Å². The Morgan fingerprint density at radius 1 is 1.26 bits per heavy atom. The number of likely N-dealkylation sites (tertiary alicyclic amines) is 1. The van der Waals surface area contributed by atoms with Gasteiger partial charge in [0.05, 0.1) is 6.04 Å². The monoisotopic (exact) mass is 369 g/mol. The van der Waals surface area contributed by atoms with Gasteiger partial charge in [0.15, 0.2) is 5.76 Å². The van der Waals surface area contributed by atoms with Crippen molar-refractivity contribution in [3.63, 3.8) is 0 Å². The van der Waals surface area contributed by atoms with Gasteiger partial charge < -0.3 is 20.0 Å². The molecular weight excluding hydrogens is 342 g/mol. The molecule has 2 N–H and O–H groups in total. The molecule has 0 spiro atoms. The zero-order valence-corrected chi connectivity index (χ0v) is 15.8. The van der Waals surface area contributed by atoms with E-state index in [9.17, 15) is 9.59 Å². The summed E-state index contributed by atoms with van der Waals surface area (Å²) in [6.07, 6.45) is 3.95. The summed E-state index contributed by atoms with van der Waals surface area (Å²) in [5, 5.41) is 7.28. The first kappa shape index (κ1) is 18.0. The highest BCUT2D eigenvalue weighted by atomic mass is 16.3. The van der Waals surface area contributed by atoms with E-state index >= 15 is 0 Å². The van der Waals surface area contributed by atoms with Crippen LogP contribution in [0.3, 0.4) is 0 Å². The molecule has 2 aliphatic rings. The summed E-state index contributed by atoms with van der Waals surface area (Å²) in [5.41, 5.74) is 1.65. The molecule has 3 heterocycles. The number of furan rings is 1. The Bertz CT molecular complexity index is 838. The average molecular weight is 369 g/mol. The number of aryl methyl sites for hydroxylation is 1. The van der Waals surface area contributed by atoms with E-state index in [2.05, 4.69) is 10.6 Å². The fraction of sp³-hybridized carbons (Fsp3) is 0.524. The van der Waals surface area contributed by atoms with Gasteiger partial charge >= 0.3 is 0 Å². The smallest absolute Gasteiger partial charge is 0.289 e. The molecule has 2 aliphatic heterocycles. The van der Waals surface area contributed by atoms with Gasteiger partial charge in [-0.1, -0.05) is 18.2 Å². The maximum atomic E-state index is 13.0. The van der Waals surface area contributed by atoms with Crippen LogP contribution in [0.5, 0.6) is 0 Å². The first-order valence-electron chi connectivity index (χ1n) is 9.92. The number of hydrogen-bond donors (Lipinski definition) is 2. The Morgan fingerprint density at radius 3 is 2.89 bits per heavy atom. The molecule has 1 aromatic carbocycles. The Labute approximate surface area is 159 Å². The lowest BCUT2D eigenvalue weighted by atomic mass is 9.97. The second-order valence-electron chi connectivity index (χ2n) is 7.71. The van der Waals surface area contributed by atoms with Gasteiger partial charge in [-0.3, -0.25) is 9.59 Å². The highest BCUT2D eigenvalue weighted by Crippen LogP contribution is 2.27. The van der Waals surface area contributed by atoms with Crippen molar-refractivity contribution >= 4 is 22.8 Å². The van der Waals surface area contributed by atoms with E-state index < -0.39 is 0 Å². The molecule has 6 heteroatoms. The molecule has 2 aromatic rings. The van der Waals surface area contributed by atoms with Crippen LogP contribution in [0, 0.1) is 12.8 Å². The highest BCUT2D eigenvalue weighted by molar-refractivity contribution is 5.99. The topological polar surface area (TPSA) is 74.6 Å². The molecule has 4 rings (SSSR count). The number of piperidine rings is 1. The highest BCUT2D eigenvalue weighted by Gasteiger charge is 2.29. The van der Waals surface area contributed by atoms with Crippen LogP contribution < -0.4 is 10.6 Å². The largest absolute Gasteiger partial charge is 0.451 e. The molecule has 0 saturated carbocycles. The van der Waals surface area contributed by atoms with E-state index in [1.54, 1.807) is 0 Å². The Morgan fingerprint density at radius 2 is 2.11 bits per heavy atom. The van der Waals surface area contributed by atoms with Gasteiger partial charge in [-0.2, -0.15) is 0 Å². The summed E-state index contributed by atoms with van der Waals surface area (Å²) in [6, 6.07) is 7.70. The summed E-state index contributed by atoms with van der Waals surface area (Å²) in [6.45, 7) is 4.88. The minimum Gasteiger partial charge on any atom is -0.451 e. The summed E-state index contributed by atoms with van der Waals surface area (Å²) < 4.78 is 5.85. The maximum absolute atomic E-state index is 13.0. The number of carbonyl (C=O) groups excluding carboxylic acids is 2. The Balaban J connectivity index is 1.39. The summed E-state index contributed by atoms with van der Waals surface area (Å²) in [4.78, 5) is 27.1. The van der Waals surface area contributed by atoms with Crippen LogP contribution in [-0.4, -0.2) is 48.9 Å².